The minimum absolute atomic E-state index is 0.104. The molecule has 4 aliphatic carbocycles. The van der Waals surface area contributed by atoms with E-state index in [2.05, 4.69) is 27.7 Å². The number of carboxylic acids is 1. The Morgan fingerprint density at radius 2 is 1.69 bits per heavy atom. The lowest BCUT2D eigenvalue weighted by Gasteiger charge is -2.61. The van der Waals surface area contributed by atoms with Crippen LogP contribution in [0, 0.1) is 58.2 Å². The van der Waals surface area contributed by atoms with Gasteiger partial charge in [0.1, 0.15) is 0 Å². The molecule has 6 fully saturated rings. The summed E-state index contributed by atoms with van der Waals surface area (Å²) in [5, 5.41) is 9.61. The Balaban J connectivity index is 1.23. The van der Waals surface area contributed by atoms with Gasteiger partial charge in [-0.05, 0) is 104 Å². The summed E-state index contributed by atoms with van der Waals surface area (Å²) in [6.07, 6.45) is 12.0. The molecule has 0 aromatic carbocycles. The second kappa shape index (κ2) is 7.20. The van der Waals surface area contributed by atoms with E-state index < -0.39 is 5.97 Å². The van der Waals surface area contributed by atoms with Crippen LogP contribution in [-0.4, -0.2) is 29.6 Å². The molecule has 6 rings (SSSR count). The van der Waals surface area contributed by atoms with E-state index in [-0.39, 0.29) is 11.7 Å². The van der Waals surface area contributed by atoms with Crippen LogP contribution in [0.25, 0.3) is 0 Å². The van der Waals surface area contributed by atoms with Gasteiger partial charge in [-0.15, -0.1) is 0 Å². The molecule has 4 nitrogen and oxygen atoms in total. The van der Waals surface area contributed by atoms with Crippen molar-refractivity contribution in [2.24, 2.45) is 58.2 Å². The number of carbonyl (C=O) groups is 1. The molecule has 12 atom stereocenters. The van der Waals surface area contributed by atoms with Crippen LogP contribution in [-0.2, 0) is 14.3 Å². The van der Waals surface area contributed by atoms with Crippen molar-refractivity contribution >= 4 is 5.97 Å². The third kappa shape index (κ3) is 2.84. The maximum atomic E-state index is 11.7. The molecular weight excluding hydrogens is 400 g/mol. The van der Waals surface area contributed by atoms with Crippen LogP contribution < -0.4 is 0 Å². The van der Waals surface area contributed by atoms with Gasteiger partial charge in [-0.2, -0.15) is 0 Å². The Bertz CT molecular complexity index is 771. The molecule has 4 heteroatoms. The summed E-state index contributed by atoms with van der Waals surface area (Å²) < 4.78 is 13.4. The van der Waals surface area contributed by atoms with Crippen LogP contribution in [0.4, 0.5) is 0 Å². The second-order valence-corrected chi connectivity index (χ2v) is 13.5. The Morgan fingerprint density at radius 1 is 0.906 bits per heavy atom. The van der Waals surface area contributed by atoms with Gasteiger partial charge in [0.15, 0.2) is 5.79 Å². The average molecular weight is 445 g/mol. The number of rotatable bonds is 1. The molecule has 1 spiro atoms. The fourth-order valence-electron chi connectivity index (χ4n) is 10.5. The first-order valence-electron chi connectivity index (χ1n) is 13.7. The van der Waals surface area contributed by atoms with Crippen LogP contribution in [0.5, 0.6) is 0 Å². The smallest absolute Gasteiger partial charge is 0.306 e. The highest BCUT2D eigenvalue weighted by Gasteiger charge is 2.69. The number of carboxylic acid groups (broad SMARTS) is 1. The molecule has 0 aromatic heterocycles. The molecule has 2 saturated heterocycles. The fraction of sp³-hybridized carbons (Fsp3) is 0.964. The number of hydrogen-bond acceptors (Lipinski definition) is 3. The first-order valence-corrected chi connectivity index (χ1v) is 13.7. The molecular formula is C28H44O4. The molecule has 2 aliphatic heterocycles. The van der Waals surface area contributed by atoms with Crippen molar-refractivity contribution in [1.29, 1.82) is 0 Å². The summed E-state index contributed by atoms with van der Waals surface area (Å²) in [4.78, 5) is 11.7. The predicted octanol–water partition coefficient (Wildman–Crippen LogP) is 6.13. The van der Waals surface area contributed by atoms with Crippen LogP contribution in [0.3, 0.4) is 0 Å². The summed E-state index contributed by atoms with van der Waals surface area (Å²) in [5.41, 5.74) is 0.729. The van der Waals surface area contributed by atoms with Crippen LogP contribution >= 0.6 is 0 Å². The zero-order valence-corrected chi connectivity index (χ0v) is 20.6. The maximum absolute atomic E-state index is 11.7. The topological polar surface area (TPSA) is 55.8 Å². The first kappa shape index (κ1) is 21.9. The minimum atomic E-state index is -0.562. The highest BCUT2D eigenvalue weighted by Crippen LogP contribution is 2.71. The van der Waals surface area contributed by atoms with Gasteiger partial charge in [-0.25, -0.2) is 0 Å². The van der Waals surface area contributed by atoms with Crippen LogP contribution in [0.15, 0.2) is 0 Å². The zero-order chi connectivity index (χ0) is 22.5. The monoisotopic (exact) mass is 444 g/mol. The van der Waals surface area contributed by atoms with Crippen molar-refractivity contribution < 1.29 is 19.4 Å². The van der Waals surface area contributed by atoms with E-state index in [0.29, 0.717) is 40.6 Å². The van der Waals surface area contributed by atoms with Gasteiger partial charge in [-0.3, -0.25) is 4.79 Å². The fourth-order valence-corrected chi connectivity index (χ4v) is 10.5. The first-order chi connectivity index (χ1) is 15.2. The van der Waals surface area contributed by atoms with Crippen molar-refractivity contribution in [3.05, 3.63) is 0 Å². The van der Waals surface area contributed by atoms with E-state index in [4.69, 9.17) is 9.47 Å². The van der Waals surface area contributed by atoms with Crippen LogP contribution in [0.2, 0.25) is 0 Å². The Kier molecular flexibility index (Phi) is 4.92. The third-order valence-electron chi connectivity index (χ3n) is 12.3. The molecule has 2 heterocycles. The lowest BCUT2D eigenvalue weighted by molar-refractivity contribution is -0.273. The maximum Gasteiger partial charge on any atom is 0.306 e. The number of hydrogen-bond donors (Lipinski definition) is 1. The normalized spacial score (nSPS) is 59.2. The lowest BCUT2D eigenvalue weighted by Crippen LogP contribution is -2.55. The van der Waals surface area contributed by atoms with E-state index in [9.17, 15) is 9.90 Å². The molecule has 0 bridgehead atoms. The highest BCUT2D eigenvalue weighted by molar-refractivity contribution is 5.70. The van der Waals surface area contributed by atoms with Gasteiger partial charge in [0.25, 0.3) is 0 Å². The van der Waals surface area contributed by atoms with Crippen molar-refractivity contribution in [3.63, 3.8) is 0 Å². The standard InChI is InChI=1S/C28H44O4/c1-16-7-12-28(31-15-16)17(2)24-23(32-28)14-22-20-6-5-19-13-18(25(29)30)8-10-26(19,3)21(20)9-11-27(22,24)4/h16-24H,5-15H2,1-4H3,(H,29,30)/t16-,17+,18+,19?,20?,21?,22?,23?,24?,26+,27+,28-/m1/s1. The number of aliphatic carboxylic acids is 1. The van der Waals surface area contributed by atoms with Gasteiger partial charge >= 0.3 is 5.97 Å². The van der Waals surface area contributed by atoms with Gasteiger partial charge in [-0.1, -0.05) is 27.7 Å². The van der Waals surface area contributed by atoms with E-state index in [1.807, 2.05) is 0 Å². The number of ether oxygens (including phenoxy) is 2. The molecule has 4 saturated carbocycles. The summed E-state index contributed by atoms with van der Waals surface area (Å²) in [6.45, 7) is 10.7. The van der Waals surface area contributed by atoms with Crippen molar-refractivity contribution in [2.45, 2.75) is 104 Å². The SMILES string of the molecule is C[C@@H]1CC[C@@]2(OC1)OC1CC3C4CCC5C[C@@H](C(=O)O)CC[C@]5(C)C4CC[C@]3(C)C1[C@@H]2C. The zero-order valence-electron chi connectivity index (χ0n) is 20.6. The third-order valence-corrected chi connectivity index (χ3v) is 12.3. The molecule has 0 amide bonds. The molecule has 0 radical (unpaired) electrons. The minimum Gasteiger partial charge on any atom is -0.481 e. The molecule has 6 aliphatic rings. The van der Waals surface area contributed by atoms with Crippen molar-refractivity contribution in [2.75, 3.05) is 6.61 Å². The summed E-state index contributed by atoms with van der Waals surface area (Å²) in [6, 6.07) is 0. The van der Waals surface area contributed by atoms with Gasteiger partial charge in [0.2, 0.25) is 0 Å². The van der Waals surface area contributed by atoms with Gasteiger partial charge in [0, 0.05) is 12.3 Å². The molecule has 0 aromatic rings. The van der Waals surface area contributed by atoms with Crippen molar-refractivity contribution in [1.82, 2.24) is 0 Å². The molecule has 1 N–H and O–H groups in total. The Labute approximate surface area is 194 Å². The van der Waals surface area contributed by atoms with Gasteiger partial charge < -0.3 is 14.6 Å². The Hall–Kier alpha value is -0.610. The van der Waals surface area contributed by atoms with E-state index in [1.165, 1.54) is 38.5 Å². The molecule has 32 heavy (non-hydrogen) atoms. The summed E-state index contributed by atoms with van der Waals surface area (Å²) in [5.74, 6) is 3.77. The van der Waals surface area contributed by atoms with Crippen molar-refractivity contribution in [3.8, 4) is 0 Å². The second-order valence-electron chi connectivity index (χ2n) is 13.5. The lowest BCUT2D eigenvalue weighted by atomic mass is 9.44. The quantitative estimate of drug-likeness (QED) is 0.528. The molecule has 6 unspecified atom stereocenters. The number of fused-ring (bicyclic) bond motifs is 7. The van der Waals surface area contributed by atoms with E-state index in [0.717, 1.165) is 50.0 Å². The predicted molar refractivity (Wildman–Crippen MR) is 123 cm³/mol. The van der Waals surface area contributed by atoms with E-state index in [1.54, 1.807) is 0 Å². The summed E-state index contributed by atoms with van der Waals surface area (Å²) in [7, 11) is 0. The summed E-state index contributed by atoms with van der Waals surface area (Å²) >= 11 is 0. The van der Waals surface area contributed by atoms with Crippen LogP contribution in [0.1, 0.15) is 91.9 Å². The molecule has 180 valence electrons. The van der Waals surface area contributed by atoms with Gasteiger partial charge in [0.05, 0.1) is 18.6 Å². The van der Waals surface area contributed by atoms with E-state index >= 15 is 0 Å². The highest BCUT2D eigenvalue weighted by atomic mass is 16.7. The largest absolute Gasteiger partial charge is 0.481 e. The Morgan fingerprint density at radius 3 is 2.41 bits per heavy atom. The average Bonchev–Trinajstić information content (AvgIpc) is 3.20.